The van der Waals surface area contributed by atoms with Crippen molar-refractivity contribution >= 4 is 17.3 Å². The van der Waals surface area contributed by atoms with Crippen molar-refractivity contribution in [3.8, 4) is 0 Å². The quantitative estimate of drug-likeness (QED) is 0.611. The maximum atomic E-state index is 12.0. The highest BCUT2D eigenvalue weighted by molar-refractivity contribution is 6.25. The minimum atomic E-state index is -0.921. The van der Waals surface area contributed by atoms with Crippen LogP contribution < -0.4 is 0 Å². The van der Waals surface area contributed by atoms with E-state index in [0.717, 1.165) is 5.56 Å². The molecule has 1 aromatic carbocycles. The van der Waals surface area contributed by atoms with Gasteiger partial charge in [0.1, 0.15) is 5.57 Å². The maximum absolute atomic E-state index is 12.0. The number of ether oxygens (including phenoxy) is 2. The smallest absolute Gasteiger partial charge is 0.343 e. The zero-order valence-corrected chi connectivity index (χ0v) is 11.9. The lowest BCUT2D eigenvalue weighted by atomic mass is 9.87. The molecule has 1 heterocycles. The molecule has 0 saturated heterocycles. The fraction of sp³-hybridized carbons (Fsp3) is 0.375. The molecule has 4 nitrogen and oxygen atoms in total. The molecule has 1 aliphatic rings. The van der Waals surface area contributed by atoms with E-state index < -0.39 is 11.6 Å². The van der Waals surface area contributed by atoms with Gasteiger partial charge in [-0.2, -0.15) is 0 Å². The lowest BCUT2D eigenvalue weighted by Gasteiger charge is -2.26. The van der Waals surface area contributed by atoms with Crippen LogP contribution in [0.5, 0.6) is 0 Å². The Morgan fingerprint density at radius 2 is 1.95 bits per heavy atom. The van der Waals surface area contributed by atoms with Gasteiger partial charge in [-0.3, -0.25) is 4.79 Å². The van der Waals surface area contributed by atoms with Gasteiger partial charge in [-0.05, 0) is 26.3 Å². The van der Waals surface area contributed by atoms with Gasteiger partial charge >= 0.3 is 5.97 Å². The Labute approximate surface area is 118 Å². The molecule has 0 aromatic heterocycles. The average Bonchev–Trinajstić information content (AvgIpc) is 2.69. The molecular formula is C16H18O4. The topological polar surface area (TPSA) is 52.6 Å². The van der Waals surface area contributed by atoms with Crippen molar-refractivity contribution in [2.24, 2.45) is 0 Å². The molecule has 1 unspecified atom stereocenters. The summed E-state index contributed by atoms with van der Waals surface area (Å²) in [6.07, 6.45) is 0. The summed E-state index contributed by atoms with van der Waals surface area (Å²) < 4.78 is 10.9. The molecule has 20 heavy (non-hydrogen) atoms. The molecular weight excluding hydrogens is 256 g/mol. The second kappa shape index (κ2) is 5.59. The first-order valence-electron chi connectivity index (χ1n) is 6.62. The lowest BCUT2D eigenvalue weighted by molar-refractivity contribution is -0.149. The SMILES string of the molecule is CCOCC1(C)OC(=O)C(C(C)=O)=C1c1ccccc1. The van der Waals surface area contributed by atoms with Gasteiger partial charge in [-0.15, -0.1) is 0 Å². The third-order valence-electron chi connectivity index (χ3n) is 3.30. The predicted octanol–water partition coefficient (Wildman–Crippen LogP) is 2.38. The van der Waals surface area contributed by atoms with E-state index in [1.807, 2.05) is 37.3 Å². The van der Waals surface area contributed by atoms with Gasteiger partial charge in [0, 0.05) is 12.2 Å². The zero-order chi connectivity index (χ0) is 14.8. The van der Waals surface area contributed by atoms with Crippen LogP contribution in [0.1, 0.15) is 26.3 Å². The van der Waals surface area contributed by atoms with Crippen LogP contribution in [0.4, 0.5) is 0 Å². The third kappa shape index (κ3) is 2.51. The Morgan fingerprint density at radius 3 is 2.50 bits per heavy atom. The molecule has 0 fully saturated rings. The summed E-state index contributed by atoms with van der Waals surface area (Å²) in [4.78, 5) is 23.8. The summed E-state index contributed by atoms with van der Waals surface area (Å²) in [5.74, 6) is -0.854. The van der Waals surface area contributed by atoms with E-state index in [1.54, 1.807) is 6.92 Å². The van der Waals surface area contributed by atoms with Crippen LogP contribution in [0.15, 0.2) is 35.9 Å². The van der Waals surface area contributed by atoms with Gasteiger partial charge in [-0.1, -0.05) is 30.3 Å². The summed E-state index contributed by atoms with van der Waals surface area (Å²) in [5.41, 5.74) is 0.628. The minimum Gasteiger partial charge on any atom is -0.448 e. The minimum absolute atomic E-state index is 0.124. The number of hydrogen-bond donors (Lipinski definition) is 0. The van der Waals surface area contributed by atoms with Crippen LogP contribution in [0.2, 0.25) is 0 Å². The first-order valence-corrected chi connectivity index (χ1v) is 6.62. The number of carbonyl (C=O) groups is 2. The summed E-state index contributed by atoms with van der Waals surface area (Å²) in [7, 11) is 0. The van der Waals surface area contributed by atoms with E-state index >= 15 is 0 Å². The van der Waals surface area contributed by atoms with Crippen molar-refractivity contribution in [1.29, 1.82) is 0 Å². The maximum Gasteiger partial charge on any atom is 0.343 e. The second-order valence-corrected chi connectivity index (χ2v) is 4.93. The van der Waals surface area contributed by atoms with E-state index in [2.05, 4.69) is 0 Å². The molecule has 4 heteroatoms. The molecule has 1 atom stereocenters. The zero-order valence-electron chi connectivity index (χ0n) is 11.9. The Morgan fingerprint density at radius 1 is 1.30 bits per heavy atom. The van der Waals surface area contributed by atoms with Gasteiger partial charge in [-0.25, -0.2) is 4.79 Å². The van der Waals surface area contributed by atoms with Crippen LogP contribution in [0.3, 0.4) is 0 Å². The van der Waals surface area contributed by atoms with Crippen LogP contribution in [0, 0.1) is 0 Å². The van der Waals surface area contributed by atoms with Gasteiger partial charge < -0.3 is 9.47 Å². The molecule has 1 aliphatic heterocycles. The normalized spacial score (nSPS) is 22.1. The van der Waals surface area contributed by atoms with Crippen LogP contribution in [-0.4, -0.2) is 30.6 Å². The Hall–Kier alpha value is -1.94. The largest absolute Gasteiger partial charge is 0.448 e. The standard InChI is InChI=1S/C16H18O4/c1-4-19-10-16(3)14(12-8-6-5-7-9-12)13(11(2)17)15(18)20-16/h5-9H,4,10H2,1-3H3. The summed E-state index contributed by atoms with van der Waals surface area (Å²) in [6.45, 7) is 5.78. The van der Waals surface area contributed by atoms with Gasteiger partial charge in [0.15, 0.2) is 11.4 Å². The van der Waals surface area contributed by atoms with Gasteiger partial charge in [0.25, 0.3) is 0 Å². The number of cyclic esters (lactones) is 1. The van der Waals surface area contributed by atoms with Gasteiger partial charge in [0.05, 0.1) is 6.61 Å². The molecule has 0 amide bonds. The molecule has 0 spiro atoms. The van der Waals surface area contributed by atoms with Crippen molar-refractivity contribution in [1.82, 2.24) is 0 Å². The molecule has 0 radical (unpaired) electrons. The monoisotopic (exact) mass is 274 g/mol. The fourth-order valence-corrected chi connectivity index (χ4v) is 2.45. The summed E-state index contributed by atoms with van der Waals surface area (Å²) in [5, 5.41) is 0. The van der Waals surface area contributed by atoms with Crippen molar-refractivity contribution in [3.05, 3.63) is 41.5 Å². The van der Waals surface area contributed by atoms with Crippen molar-refractivity contribution in [3.63, 3.8) is 0 Å². The molecule has 1 aromatic rings. The molecule has 0 bridgehead atoms. The van der Waals surface area contributed by atoms with Crippen LogP contribution in [0.25, 0.3) is 5.57 Å². The number of rotatable bonds is 5. The molecule has 0 N–H and O–H groups in total. The Kier molecular flexibility index (Phi) is 4.04. The number of carbonyl (C=O) groups excluding carboxylic acids is 2. The average molecular weight is 274 g/mol. The van der Waals surface area contributed by atoms with E-state index in [9.17, 15) is 9.59 Å². The third-order valence-corrected chi connectivity index (χ3v) is 3.30. The van der Waals surface area contributed by atoms with E-state index in [0.29, 0.717) is 12.2 Å². The number of benzene rings is 1. The number of hydrogen-bond acceptors (Lipinski definition) is 4. The predicted molar refractivity (Wildman–Crippen MR) is 75.0 cm³/mol. The van der Waals surface area contributed by atoms with Crippen molar-refractivity contribution in [2.45, 2.75) is 26.4 Å². The number of esters is 1. The van der Waals surface area contributed by atoms with E-state index in [4.69, 9.17) is 9.47 Å². The highest BCUT2D eigenvalue weighted by Gasteiger charge is 2.46. The molecule has 2 rings (SSSR count). The lowest BCUT2D eigenvalue weighted by Crippen LogP contribution is -2.33. The number of Topliss-reactive ketones (excluding diaryl/α,β-unsaturated/α-hetero) is 1. The second-order valence-electron chi connectivity index (χ2n) is 4.93. The molecule has 106 valence electrons. The van der Waals surface area contributed by atoms with E-state index in [1.165, 1.54) is 6.92 Å². The highest BCUT2D eigenvalue weighted by atomic mass is 16.6. The Balaban J connectivity index is 2.56. The van der Waals surface area contributed by atoms with Crippen molar-refractivity contribution < 1.29 is 19.1 Å². The van der Waals surface area contributed by atoms with Crippen molar-refractivity contribution in [2.75, 3.05) is 13.2 Å². The fourth-order valence-electron chi connectivity index (χ4n) is 2.45. The van der Waals surface area contributed by atoms with Crippen LogP contribution in [-0.2, 0) is 19.1 Å². The first-order chi connectivity index (χ1) is 9.49. The van der Waals surface area contributed by atoms with E-state index in [-0.39, 0.29) is 18.0 Å². The van der Waals surface area contributed by atoms with Crippen LogP contribution >= 0.6 is 0 Å². The number of ketones is 1. The Bertz CT molecular complexity index is 559. The highest BCUT2D eigenvalue weighted by Crippen LogP contribution is 2.40. The van der Waals surface area contributed by atoms with Gasteiger partial charge in [0.2, 0.25) is 0 Å². The molecule has 0 aliphatic carbocycles. The molecule has 0 saturated carbocycles. The first kappa shape index (κ1) is 14.5. The summed E-state index contributed by atoms with van der Waals surface area (Å²) >= 11 is 0. The summed E-state index contributed by atoms with van der Waals surface area (Å²) in [6, 6.07) is 9.35.